The van der Waals surface area contributed by atoms with E-state index in [2.05, 4.69) is 5.32 Å². The van der Waals surface area contributed by atoms with Crippen molar-refractivity contribution in [1.29, 1.82) is 0 Å². The maximum Gasteiger partial charge on any atom is 0.337 e. The van der Waals surface area contributed by atoms with Crippen LogP contribution in [0.4, 0.5) is 0 Å². The Bertz CT molecular complexity index is 621. The average Bonchev–Trinajstić information content (AvgIpc) is 2.46. The van der Waals surface area contributed by atoms with Crippen LogP contribution in [-0.4, -0.2) is 24.0 Å². The number of aromatic carboxylic acids is 1. The molecule has 0 aliphatic rings. The van der Waals surface area contributed by atoms with Gasteiger partial charge in [0, 0.05) is 7.05 Å². The van der Waals surface area contributed by atoms with Gasteiger partial charge in [0.2, 0.25) is 0 Å². The number of rotatable bonds is 3. The number of nitrogens with one attached hydrogen (secondary N) is 1. The van der Waals surface area contributed by atoms with Gasteiger partial charge in [-0.1, -0.05) is 42.5 Å². The first-order valence-electron chi connectivity index (χ1n) is 5.79. The van der Waals surface area contributed by atoms with E-state index >= 15 is 0 Å². The minimum Gasteiger partial charge on any atom is -0.478 e. The largest absolute Gasteiger partial charge is 0.478 e. The molecule has 1 amide bonds. The van der Waals surface area contributed by atoms with Crippen molar-refractivity contribution in [2.45, 2.75) is 0 Å². The minimum atomic E-state index is -1.11. The Morgan fingerprint density at radius 3 is 2.26 bits per heavy atom. The predicted molar refractivity (Wildman–Crippen MR) is 72.2 cm³/mol. The van der Waals surface area contributed by atoms with Gasteiger partial charge in [0.15, 0.2) is 0 Å². The minimum absolute atomic E-state index is 0.0213. The third-order valence-electron chi connectivity index (χ3n) is 2.83. The zero-order chi connectivity index (χ0) is 13.8. The highest BCUT2D eigenvalue weighted by Gasteiger charge is 2.20. The first-order chi connectivity index (χ1) is 9.15. The summed E-state index contributed by atoms with van der Waals surface area (Å²) in [4.78, 5) is 23.2. The summed E-state index contributed by atoms with van der Waals surface area (Å²) in [5.74, 6) is -1.52. The normalized spacial score (nSPS) is 9.95. The van der Waals surface area contributed by atoms with E-state index in [0.29, 0.717) is 5.56 Å². The molecule has 0 saturated carbocycles. The molecule has 4 nitrogen and oxygen atoms in total. The number of carbonyl (C=O) groups excluding carboxylic acids is 1. The summed E-state index contributed by atoms with van der Waals surface area (Å²) in [5, 5.41) is 11.8. The van der Waals surface area contributed by atoms with Crippen molar-refractivity contribution in [2.24, 2.45) is 0 Å². The van der Waals surface area contributed by atoms with E-state index in [1.165, 1.54) is 13.1 Å². The van der Waals surface area contributed by atoms with Crippen LogP contribution in [0, 0.1) is 0 Å². The molecular formula is C15H13NO3. The average molecular weight is 255 g/mol. The van der Waals surface area contributed by atoms with E-state index in [1.54, 1.807) is 12.1 Å². The third kappa shape index (κ3) is 2.47. The molecule has 2 N–H and O–H groups in total. The van der Waals surface area contributed by atoms with Crippen LogP contribution in [0.3, 0.4) is 0 Å². The van der Waals surface area contributed by atoms with E-state index < -0.39 is 11.9 Å². The van der Waals surface area contributed by atoms with Crippen molar-refractivity contribution in [3.63, 3.8) is 0 Å². The molecule has 0 aromatic heterocycles. The van der Waals surface area contributed by atoms with Gasteiger partial charge in [-0.15, -0.1) is 0 Å². The van der Waals surface area contributed by atoms with Gasteiger partial charge in [-0.2, -0.15) is 0 Å². The van der Waals surface area contributed by atoms with Crippen LogP contribution in [0.2, 0.25) is 0 Å². The molecule has 0 radical (unpaired) electrons. The SMILES string of the molecule is CNC(=O)c1cccc(-c2ccccc2)c1C(=O)O. The third-order valence-corrected chi connectivity index (χ3v) is 2.83. The molecule has 0 unspecified atom stereocenters. The Balaban J connectivity index is 2.69. The monoisotopic (exact) mass is 255 g/mol. The summed E-state index contributed by atoms with van der Waals surface area (Å²) in [6.45, 7) is 0. The number of hydrogen-bond donors (Lipinski definition) is 2. The lowest BCUT2D eigenvalue weighted by atomic mass is 9.95. The molecule has 0 fully saturated rings. The molecule has 2 aromatic carbocycles. The lowest BCUT2D eigenvalue weighted by Crippen LogP contribution is -2.21. The van der Waals surface area contributed by atoms with Gasteiger partial charge in [0.25, 0.3) is 5.91 Å². The molecule has 0 spiro atoms. The first-order valence-corrected chi connectivity index (χ1v) is 5.79. The number of benzene rings is 2. The zero-order valence-electron chi connectivity index (χ0n) is 10.4. The lowest BCUT2D eigenvalue weighted by molar-refractivity contribution is 0.0692. The van der Waals surface area contributed by atoms with E-state index in [4.69, 9.17) is 0 Å². The Morgan fingerprint density at radius 1 is 1.00 bits per heavy atom. The van der Waals surface area contributed by atoms with Crippen LogP contribution < -0.4 is 5.32 Å². The van der Waals surface area contributed by atoms with Gasteiger partial charge in [-0.05, 0) is 17.2 Å². The summed E-state index contributed by atoms with van der Waals surface area (Å²) in [7, 11) is 1.48. The van der Waals surface area contributed by atoms with Crippen molar-refractivity contribution < 1.29 is 14.7 Å². The van der Waals surface area contributed by atoms with Gasteiger partial charge >= 0.3 is 5.97 Å². The Morgan fingerprint density at radius 2 is 1.68 bits per heavy atom. The van der Waals surface area contributed by atoms with Gasteiger partial charge in [0.05, 0.1) is 11.1 Å². The van der Waals surface area contributed by atoms with Gasteiger partial charge in [-0.25, -0.2) is 4.79 Å². The van der Waals surface area contributed by atoms with Crippen molar-refractivity contribution in [3.05, 3.63) is 59.7 Å². The molecule has 0 atom stereocenters. The zero-order valence-corrected chi connectivity index (χ0v) is 10.4. The number of carboxylic acids is 1. The summed E-state index contributed by atoms with van der Waals surface area (Å²) < 4.78 is 0. The molecule has 19 heavy (non-hydrogen) atoms. The fourth-order valence-corrected chi connectivity index (χ4v) is 1.96. The van der Waals surface area contributed by atoms with Gasteiger partial charge in [0.1, 0.15) is 0 Å². The fourth-order valence-electron chi connectivity index (χ4n) is 1.96. The highest BCUT2D eigenvalue weighted by molar-refractivity contribution is 6.08. The molecule has 2 aromatic rings. The second-order valence-corrected chi connectivity index (χ2v) is 3.98. The molecule has 4 heteroatoms. The Hall–Kier alpha value is -2.62. The second kappa shape index (κ2) is 5.35. The summed E-state index contributed by atoms with van der Waals surface area (Å²) in [5.41, 5.74) is 1.49. The number of carboxylic acid groups (broad SMARTS) is 1. The fraction of sp³-hybridized carbons (Fsp3) is 0.0667. The van der Waals surface area contributed by atoms with Crippen molar-refractivity contribution in [1.82, 2.24) is 5.32 Å². The molecule has 96 valence electrons. The highest BCUT2D eigenvalue weighted by atomic mass is 16.4. The van der Waals surface area contributed by atoms with E-state index in [9.17, 15) is 14.7 Å². The quantitative estimate of drug-likeness (QED) is 0.885. The molecule has 0 bridgehead atoms. The summed E-state index contributed by atoms with van der Waals surface area (Å²) in [6, 6.07) is 14.0. The number of amides is 1. The summed E-state index contributed by atoms with van der Waals surface area (Å²) in [6.07, 6.45) is 0. The standard InChI is InChI=1S/C15H13NO3/c1-16-14(17)12-9-5-8-11(13(12)15(18)19)10-6-3-2-4-7-10/h2-9H,1H3,(H,16,17)(H,18,19). The van der Waals surface area contributed by atoms with Crippen molar-refractivity contribution in [3.8, 4) is 11.1 Å². The lowest BCUT2D eigenvalue weighted by Gasteiger charge is -2.10. The summed E-state index contributed by atoms with van der Waals surface area (Å²) >= 11 is 0. The van der Waals surface area contributed by atoms with E-state index in [1.807, 2.05) is 30.3 Å². The Kier molecular flexibility index (Phi) is 3.61. The van der Waals surface area contributed by atoms with Crippen LogP contribution in [0.15, 0.2) is 48.5 Å². The predicted octanol–water partition coefficient (Wildman–Crippen LogP) is 2.41. The topological polar surface area (TPSA) is 66.4 Å². The molecule has 0 aliphatic heterocycles. The molecule has 0 aliphatic carbocycles. The van der Waals surface area contributed by atoms with Crippen molar-refractivity contribution >= 4 is 11.9 Å². The van der Waals surface area contributed by atoms with Gasteiger partial charge in [-0.3, -0.25) is 4.79 Å². The number of hydrogen-bond acceptors (Lipinski definition) is 2. The van der Waals surface area contributed by atoms with E-state index in [-0.39, 0.29) is 11.1 Å². The van der Waals surface area contributed by atoms with E-state index in [0.717, 1.165) is 5.56 Å². The second-order valence-electron chi connectivity index (χ2n) is 3.98. The maximum atomic E-state index is 11.7. The smallest absolute Gasteiger partial charge is 0.337 e. The molecule has 2 rings (SSSR count). The van der Waals surface area contributed by atoms with Crippen LogP contribution in [0.25, 0.3) is 11.1 Å². The molecule has 0 saturated heterocycles. The highest BCUT2D eigenvalue weighted by Crippen LogP contribution is 2.26. The number of carbonyl (C=O) groups is 2. The first kappa shape index (κ1) is 12.8. The van der Waals surface area contributed by atoms with Crippen LogP contribution in [0.1, 0.15) is 20.7 Å². The molecular weight excluding hydrogens is 242 g/mol. The van der Waals surface area contributed by atoms with Crippen LogP contribution in [-0.2, 0) is 0 Å². The van der Waals surface area contributed by atoms with Gasteiger partial charge < -0.3 is 10.4 Å². The maximum absolute atomic E-state index is 11.7. The molecule has 0 heterocycles. The van der Waals surface area contributed by atoms with Crippen molar-refractivity contribution in [2.75, 3.05) is 7.05 Å². The Labute approximate surface area is 110 Å². The van der Waals surface area contributed by atoms with Crippen LogP contribution in [0.5, 0.6) is 0 Å². The van der Waals surface area contributed by atoms with Crippen LogP contribution >= 0.6 is 0 Å².